The molecule has 1 saturated carbocycles. The zero-order chi connectivity index (χ0) is 35.8. The fourth-order valence-electron chi connectivity index (χ4n) is 4.92. The summed E-state index contributed by atoms with van der Waals surface area (Å²) in [4.78, 5) is 51.8. The van der Waals surface area contributed by atoms with E-state index in [4.69, 9.17) is 18.9 Å². The van der Waals surface area contributed by atoms with Crippen LogP contribution in [0.15, 0.2) is 60.8 Å². The molecule has 3 amide bonds. The molecule has 3 aromatic rings. The molecule has 1 heterocycles. The Morgan fingerprint density at radius 3 is 1.82 bits per heavy atom. The molecule has 14 nitrogen and oxygen atoms in total. The quantitative estimate of drug-likeness (QED) is 0.147. The topological polar surface area (TPSA) is 180 Å². The number of amides is 3. The van der Waals surface area contributed by atoms with Gasteiger partial charge in [-0.15, -0.1) is 0 Å². The molecule has 262 valence electrons. The number of carbonyl (C=O) groups excluding carboxylic acids is 3. The summed E-state index contributed by atoms with van der Waals surface area (Å²) < 4.78 is 22.6. The summed E-state index contributed by atoms with van der Waals surface area (Å²) in [5, 5.41) is 19.7. The van der Waals surface area contributed by atoms with E-state index in [2.05, 4.69) is 20.9 Å². The fourth-order valence-corrected chi connectivity index (χ4v) is 4.92. The van der Waals surface area contributed by atoms with Gasteiger partial charge in [0, 0.05) is 36.3 Å². The minimum atomic E-state index is -0.610. The Balaban J connectivity index is 1.44. The van der Waals surface area contributed by atoms with Gasteiger partial charge in [-0.1, -0.05) is 12.1 Å². The molecule has 1 fully saturated rings. The van der Waals surface area contributed by atoms with Crippen molar-refractivity contribution in [2.45, 2.75) is 97.1 Å². The molecular weight excluding hydrogens is 634 g/mol. The first-order valence-electron chi connectivity index (χ1n) is 16.0. The maximum absolute atomic E-state index is 13.5. The highest BCUT2D eigenvalue weighted by Gasteiger charge is 2.26. The number of carbonyl (C=O) groups is 3. The molecule has 1 aliphatic rings. The van der Waals surface area contributed by atoms with E-state index < -0.39 is 28.3 Å². The summed E-state index contributed by atoms with van der Waals surface area (Å²) in [7, 11) is 0. The van der Waals surface area contributed by atoms with Crippen molar-refractivity contribution in [3.8, 4) is 23.0 Å². The minimum Gasteiger partial charge on any atom is -0.457 e. The number of nitrogens with zero attached hydrogens (tertiary/aromatic N) is 2. The van der Waals surface area contributed by atoms with Gasteiger partial charge in [-0.05, 0) is 113 Å². The summed E-state index contributed by atoms with van der Waals surface area (Å²) in [6, 6.07) is 14.2. The minimum absolute atomic E-state index is 0.0467. The van der Waals surface area contributed by atoms with Crippen molar-refractivity contribution in [1.82, 2.24) is 20.9 Å². The standard InChI is InChI=1S/C35H43N5O9/c1-34(2,3)48-32(42)37-20-22-7-13-26(14-8-22)46-28-17-23(18-29(19-28)47-27-15-16-30(36-21-27)40(44)45)31(41)38-24-9-11-25(12-10-24)39-33(43)49-35(4,5)6/h7-8,13-19,21,24-25H,9-12,20H2,1-6H3,(H,37,42)(H,38,41)(H,39,43). The molecule has 0 atom stereocenters. The average molecular weight is 678 g/mol. The van der Waals surface area contributed by atoms with Gasteiger partial charge in [0.2, 0.25) is 0 Å². The summed E-state index contributed by atoms with van der Waals surface area (Å²) in [5.41, 5.74) is -0.105. The molecule has 49 heavy (non-hydrogen) atoms. The van der Waals surface area contributed by atoms with Crippen LogP contribution in [0.4, 0.5) is 15.4 Å². The lowest BCUT2D eigenvalue weighted by Crippen LogP contribution is -2.45. The van der Waals surface area contributed by atoms with E-state index in [-0.39, 0.29) is 47.4 Å². The zero-order valence-electron chi connectivity index (χ0n) is 28.5. The van der Waals surface area contributed by atoms with Crippen molar-refractivity contribution < 1.29 is 38.3 Å². The van der Waals surface area contributed by atoms with Crippen LogP contribution in [0.2, 0.25) is 0 Å². The summed E-state index contributed by atoms with van der Waals surface area (Å²) >= 11 is 0. The Kier molecular flexibility index (Phi) is 11.6. The van der Waals surface area contributed by atoms with E-state index >= 15 is 0 Å². The van der Waals surface area contributed by atoms with Crippen molar-refractivity contribution in [3.05, 3.63) is 82.0 Å². The highest BCUT2D eigenvalue weighted by Crippen LogP contribution is 2.31. The Morgan fingerprint density at radius 2 is 1.29 bits per heavy atom. The highest BCUT2D eigenvalue weighted by atomic mass is 16.6. The van der Waals surface area contributed by atoms with E-state index in [0.29, 0.717) is 37.2 Å². The normalized spacial score (nSPS) is 16.1. The Morgan fingerprint density at radius 1 is 0.755 bits per heavy atom. The van der Waals surface area contributed by atoms with Crippen LogP contribution >= 0.6 is 0 Å². The van der Waals surface area contributed by atoms with Crippen LogP contribution < -0.4 is 25.4 Å². The maximum atomic E-state index is 13.5. The molecule has 3 N–H and O–H groups in total. The lowest BCUT2D eigenvalue weighted by molar-refractivity contribution is -0.389. The zero-order valence-corrected chi connectivity index (χ0v) is 28.5. The molecule has 1 aromatic heterocycles. The molecule has 0 bridgehead atoms. The van der Waals surface area contributed by atoms with Crippen molar-refractivity contribution in [3.63, 3.8) is 0 Å². The molecule has 2 aromatic carbocycles. The van der Waals surface area contributed by atoms with Gasteiger partial charge in [-0.2, -0.15) is 0 Å². The van der Waals surface area contributed by atoms with Gasteiger partial charge in [-0.3, -0.25) is 4.79 Å². The summed E-state index contributed by atoms with van der Waals surface area (Å²) in [6.45, 7) is 11.0. The molecular formula is C35H43N5O9. The third kappa shape index (κ3) is 12.3. The third-order valence-electron chi connectivity index (χ3n) is 7.06. The first kappa shape index (κ1) is 36.4. The van der Waals surface area contributed by atoms with Gasteiger partial charge >= 0.3 is 18.0 Å². The van der Waals surface area contributed by atoms with Crippen molar-refractivity contribution >= 4 is 23.9 Å². The highest BCUT2D eigenvalue weighted by molar-refractivity contribution is 5.95. The second-order valence-electron chi connectivity index (χ2n) is 13.7. The van der Waals surface area contributed by atoms with Gasteiger partial charge in [0.25, 0.3) is 5.91 Å². The van der Waals surface area contributed by atoms with Crippen LogP contribution in [0.1, 0.15) is 83.1 Å². The van der Waals surface area contributed by atoms with Gasteiger partial charge in [0.05, 0.1) is 0 Å². The predicted octanol–water partition coefficient (Wildman–Crippen LogP) is 7.16. The number of rotatable bonds is 10. The predicted molar refractivity (Wildman–Crippen MR) is 180 cm³/mol. The molecule has 0 radical (unpaired) electrons. The van der Waals surface area contributed by atoms with E-state index in [9.17, 15) is 24.5 Å². The molecule has 0 aliphatic heterocycles. The molecule has 0 saturated heterocycles. The summed E-state index contributed by atoms with van der Waals surface area (Å²) in [6.07, 6.45) is 2.92. The van der Waals surface area contributed by atoms with Crippen LogP contribution in [-0.2, 0) is 16.0 Å². The number of ether oxygens (including phenoxy) is 4. The van der Waals surface area contributed by atoms with E-state index in [1.54, 1.807) is 63.2 Å². The van der Waals surface area contributed by atoms with Crippen LogP contribution in [0.3, 0.4) is 0 Å². The van der Waals surface area contributed by atoms with Crippen LogP contribution in [0.5, 0.6) is 23.0 Å². The molecule has 14 heteroatoms. The number of nitro groups is 1. The van der Waals surface area contributed by atoms with Crippen LogP contribution in [0, 0.1) is 10.1 Å². The second kappa shape index (κ2) is 15.7. The van der Waals surface area contributed by atoms with Gasteiger partial charge in [0.1, 0.15) is 28.5 Å². The van der Waals surface area contributed by atoms with Crippen molar-refractivity contribution in [2.75, 3.05) is 0 Å². The second-order valence-corrected chi connectivity index (χ2v) is 13.7. The first-order chi connectivity index (χ1) is 23.0. The van der Waals surface area contributed by atoms with E-state index in [1.807, 2.05) is 20.8 Å². The molecule has 0 spiro atoms. The lowest BCUT2D eigenvalue weighted by atomic mass is 9.91. The lowest BCUT2D eigenvalue weighted by Gasteiger charge is -2.30. The van der Waals surface area contributed by atoms with Crippen LogP contribution in [-0.4, -0.2) is 51.3 Å². The number of hydrogen-bond donors (Lipinski definition) is 3. The summed E-state index contributed by atoms with van der Waals surface area (Å²) in [5.74, 6) is 0.586. The number of pyridine rings is 1. The van der Waals surface area contributed by atoms with Crippen LogP contribution in [0.25, 0.3) is 0 Å². The van der Waals surface area contributed by atoms with Gasteiger partial charge < -0.3 is 45.0 Å². The van der Waals surface area contributed by atoms with Crippen molar-refractivity contribution in [1.29, 1.82) is 0 Å². The van der Waals surface area contributed by atoms with Crippen molar-refractivity contribution in [2.24, 2.45) is 0 Å². The average Bonchev–Trinajstić information content (AvgIpc) is 3.00. The number of nitrogens with one attached hydrogen (secondary N) is 3. The van der Waals surface area contributed by atoms with E-state index in [1.165, 1.54) is 18.3 Å². The number of benzene rings is 2. The Hall–Kier alpha value is -5.40. The number of hydrogen-bond acceptors (Lipinski definition) is 10. The SMILES string of the molecule is CC(C)(C)OC(=O)NCc1ccc(Oc2cc(Oc3ccc([N+](=O)[O-])nc3)cc(C(=O)NC3CCC(NC(=O)OC(C)(C)C)CC3)c2)cc1. The Labute approximate surface area is 285 Å². The molecule has 0 unspecified atom stereocenters. The fraction of sp³-hybridized carbons (Fsp3) is 0.429. The Bertz CT molecular complexity index is 1620. The smallest absolute Gasteiger partial charge is 0.407 e. The number of aromatic nitrogens is 1. The maximum Gasteiger partial charge on any atom is 0.407 e. The number of alkyl carbamates (subject to hydrolysis) is 2. The third-order valence-corrected chi connectivity index (χ3v) is 7.06. The van der Waals surface area contributed by atoms with Gasteiger partial charge in [-0.25, -0.2) is 9.59 Å². The molecule has 1 aliphatic carbocycles. The first-order valence-corrected chi connectivity index (χ1v) is 16.0. The van der Waals surface area contributed by atoms with Gasteiger partial charge in [0.15, 0.2) is 11.9 Å². The molecule has 4 rings (SSSR count). The van der Waals surface area contributed by atoms with E-state index in [0.717, 1.165) is 5.56 Å². The largest absolute Gasteiger partial charge is 0.457 e. The monoisotopic (exact) mass is 677 g/mol.